The Labute approximate surface area is 208 Å². The van der Waals surface area contributed by atoms with E-state index in [1.54, 1.807) is 0 Å². The van der Waals surface area contributed by atoms with Crippen molar-refractivity contribution in [2.75, 3.05) is 39.3 Å². The third kappa shape index (κ3) is 6.66. The van der Waals surface area contributed by atoms with Gasteiger partial charge >= 0.3 is 0 Å². The quantitative estimate of drug-likeness (QED) is 0.529. The Hall–Kier alpha value is -1.27. The number of amides is 2. The minimum absolute atomic E-state index is 0.0205. The molecule has 3 fully saturated rings. The molecule has 0 spiro atoms. The van der Waals surface area contributed by atoms with Crippen molar-refractivity contribution in [1.29, 1.82) is 0 Å². The Morgan fingerprint density at radius 1 is 1.12 bits per heavy atom. The van der Waals surface area contributed by atoms with Gasteiger partial charge in [0.1, 0.15) is 6.04 Å². The number of carbonyl (C=O) groups excluding carboxylic acids is 2. The summed E-state index contributed by atoms with van der Waals surface area (Å²) in [6.45, 7) is 4.35. The Morgan fingerprint density at radius 2 is 1.88 bits per heavy atom. The van der Waals surface area contributed by atoms with Crippen molar-refractivity contribution in [2.24, 2.45) is 0 Å². The van der Waals surface area contributed by atoms with Crippen LogP contribution in [-0.2, 0) is 19.6 Å². The first-order valence-corrected chi connectivity index (χ1v) is 14.7. The summed E-state index contributed by atoms with van der Waals surface area (Å²) < 4.78 is 28.4. The number of halogens is 1. The highest BCUT2D eigenvalue weighted by molar-refractivity contribution is 9.11. The second kappa shape index (κ2) is 11.0. The fourth-order valence-corrected chi connectivity index (χ4v) is 7.32. The number of carbonyl (C=O) groups is 2. The first-order chi connectivity index (χ1) is 15.8. The van der Waals surface area contributed by atoms with Gasteiger partial charge in [-0.1, -0.05) is 0 Å². The van der Waals surface area contributed by atoms with Gasteiger partial charge in [-0.05, 0) is 85.8 Å². The van der Waals surface area contributed by atoms with E-state index in [2.05, 4.69) is 25.6 Å². The third-order valence-electron chi connectivity index (χ3n) is 6.53. The van der Waals surface area contributed by atoms with Crippen LogP contribution in [0.15, 0.2) is 21.3 Å². The van der Waals surface area contributed by atoms with E-state index in [4.69, 9.17) is 0 Å². The van der Waals surface area contributed by atoms with Crippen LogP contribution in [0, 0.1) is 0 Å². The molecule has 1 aromatic heterocycles. The molecule has 0 radical (unpaired) electrons. The van der Waals surface area contributed by atoms with Crippen molar-refractivity contribution in [1.82, 2.24) is 19.4 Å². The minimum Gasteiger partial charge on any atom is -0.337 e. The van der Waals surface area contributed by atoms with Crippen LogP contribution >= 0.6 is 27.3 Å². The molecule has 4 heterocycles. The van der Waals surface area contributed by atoms with Crippen molar-refractivity contribution in [2.45, 2.75) is 50.6 Å². The van der Waals surface area contributed by atoms with Gasteiger partial charge in [0.05, 0.1) is 10.3 Å². The molecule has 33 heavy (non-hydrogen) atoms. The maximum Gasteiger partial charge on any atom is 0.242 e. The maximum atomic E-state index is 13.1. The smallest absolute Gasteiger partial charge is 0.242 e. The highest BCUT2D eigenvalue weighted by Crippen LogP contribution is 2.24. The Bertz CT molecular complexity index is 990. The number of rotatable bonds is 8. The molecule has 0 saturated carbocycles. The monoisotopic (exact) mass is 558 g/mol. The number of sulfonamides is 1. The van der Waals surface area contributed by atoms with E-state index in [1.807, 2.05) is 17.0 Å². The Kier molecular flexibility index (Phi) is 8.27. The molecule has 0 bridgehead atoms. The fraction of sp³-hybridized carbons (Fsp3) is 0.636. The van der Waals surface area contributed by atoms with Crippen molar-refractivity contribution >= 4 is 55.2 Å². The van der Waals surface area contributed by atoms with Gasteiger partial charge in [0, 0.05) is 36.0 Å². The molecule has 2 amide bonds. The zero-order valence-corrected chi connectivity index (χ0v) is 21.8. The summed E-state index contributed by atoms with van der Waals surface area (Å²) >= 11 is 4.77. The molecule has 3 aliphatic heterocycles. The number of hydrogen-bond acceptors (Lipinski definition) is 6. The summed E-state index contributed by atoms with van der Waals surface area (Å²) in [6, 6.07) is 3.04. The maximum absolute atomic E-state index is 13.1. The molecule has 4 rings (SSSR count). The summed E-state index contributed by atoms with van der Waals surface area (Å²) in [5.74, 6) is -0.350. The summed E-state index contributed by atoms with van der Waals surface area (Å²) in [6.07, 6.45) is 7.05. The third-order valence-corrected chi connectivity index (χ3v) is 9.23. The Morgan fingerprint density at radius 3 is 2.61 bits per heavy atom. The number of piperidine rings is 1. The zero-order valence-electron chi connectivity index (χ0n) is 18.6. The number of likely N-dealkylation sites (tertiary alicyclic amines) is 3. The molecular weight excluding hydrogens is 528 g/mol. The van der Waals surface area contributed by atoms with Crippen molar-refractivity contribution in [3.8, 4) is 0 Å². The summed E-state index contributed by atoms with van der Waals surface area (Å²) in [5, 5.41) is 1.09. The number of hydrogen-bond donors (Lipinski definition) is 1. The van der Waals surface area contributed by atoms with Gasteiger partial charge < -0.3 is 14.7 Å². The summed E-state index contributed by atoms with van der Waals surface area (Å²) in [5.41, 5.74) is 0. The summed E-state index contributed by atoms with van der Waals surface area (Å²) in [7, 11) is -3.78. The van der Waals surface area contributed by atoms with Crippen LogP contribution in [0.5, 0.6) is 0 Å². The van der Waals surface area contributed by atoms with Crippen LogP contribution in [0.3, 0.4) is 0 Å². The first-order valence-electron chi connectivity index (χ1n) is 11.6. The lowest BCUT2D eigenvalue weighted by Crippen LogP contribution is -2.55. The van der Waals surface area contributed by atoms with Crippen LogP contribution in [0.2, 0.25) is 0 Å². The van der Waals surface area contributed by atoms with E-state index in [0.29, 0.717) is 19.4 Å². The molecule has 2 atom stereocenters. The standard InChI is InChI=1S/C22H31BrN4O4S2/c23-20-8-7-18(32-20)9-14-33(30,31)24-19-6-4-12-26(22(19)29)16-21(28)27-13-3-5-17(27)15-25-10-1-2-11-25/h7-9,14,17,19,24H,1-6,10-13,15-16H2/t17-,19-/m0/s1. The van der Waals surface area contributed by atoms with E-state index in [1.165, 1.54) is 35.2 Å². The van der Waals surface area contributed by atoms with Crippen molar-refractivity contribution in [3.63, 3.8) is 0 Å². The number of nitrogens with one attached hydrogen (secondary N) is 1. The van der Waals surface area contributed by atoms with E-state index in [0.717, 1.165) is 53.1 Å². The van der Waals surface area contributed by atoms with Crippen LogP contribution in [0.1, 0.15) is 43.4 Å². The highest BCUT2D eigenvalue weighted by Gasteiger charge is 2.36. The van der Waals surface area contributed by atoms with E-state index in [-0.39, 0.29) is 24.4 Å². The molecule has 0 aromatic carbocycles. The summed E-state index contributed by atoms with van der Waals surface area (Å²) in [4.78, 5) is 32.7. The van der Waals surface area contributed by atoms with Gasteiger partial charge in [0.2, 0.25) is 21.8 Å². The average molecular weight is 560 g/mol. The lowest BCUT2D eigenvalue weighted by molar-refractivity contribution is -0.143. The van der Waals surface area contributed by atoms with Crippen molar-refractivity contribution in [3.05, 3.63) is 26.2 Å². The van der Waals surface area contributed by atoms with Crippen LogP contribution < -0.4 is 4.72 Å². The van der Waals surface area contributed by atoms with Gasteiger partial charge in [-0.3, -0.25) is 9.59 Å². The molecule has 1 aromatic rings. The van der Waals surface area contributed by atoms with Gasteiger partial charge in [-0.15, -0.1) is 11.3 Å². The van der Waals surface area contributed by atoms with Crippen LogP contribution in [0.4, 0.5) is 0 Å². The molecule has 8 nitrogen and oxygen atoms in total. The normalized spacial score (nSPS) is 24.9. The largest absolute Gasteiger partial charge is 0.337 e. The molecule has 3 aliphatic rings. The van der Waals surface area contributed by atoms with Gasteiger partial charge in [-0.25, -0.2) is 8.42 Å². The highest BCUT2D eigenvalue weighted by atomic mass is 79.9. The van der Waals surface area contributed by atoms with E-state index < -0.39 is 16.1 Å². The van der Waals surface area contributed by atoms with Crippen molar-refractivity contribution < 1.29 is 18.0 Å². The molecule has 0 unspecified atom stereocenters. The number of nitrogens with zero attached hydrogens (tertiary/aromatic N) is 3. The van der Waals surface area contributed by atoms with Crippen LogP contribution in [-0.4, -0.2) is 86.3 Å². The second-order valence-corrected chi connectivity index (χ2v) is 13.0. The number of thiophene rings is 1. The lowest BCUT2D eigenvalue weighted by Gasteiger charge is -2.34. The minimum atomic E-state index is -3.78. The van der Waals surface area contributed by atoms with E-state index in [9.17, 15) is 18.0 Å². The predicted octanol–water partition coefficient (Wildman–Crippen LogP) is 2.48. The molecule has 1 N–H and O–H groups in total. The lowest BCUT2D eigenvalue weighted by atomic mass is 10.1. The zero-order chi connectivity index (χ0) is 23.4. The molecule has 11 heteroatoms. The second-order valence-electron chi connectivity index (χ2n) is 8.95. The molecule has 3 saturated heterocycles. The van der Waals surface area contributed by atoms with Crippen LogP contribution in [0.25, 0.3) is 6.08 Å². The predicted molar refractivity (Wildman–Crippen MR) is 133 cm³/mol. The SMILES string of the molecule is O=C1[C@@H](NS(=O)(=O)C=Cc2ccc(Br)s2)CCCN1CC(=O)N1CCC[C@H]1CN1CCCC1. The fourth-order valence-electron chi connectivity index (χ4n) is 4.89. The average Bonchev–Trinajstić information content (AvgIpc) is 3.52. The first kappa shape index (κ1) is 24.8. The molecule has 182 valence electrons. The topological polar surface area (TPSA) is 90.0 Å². The Balaban J connectivity index is 1.33. The molecule has 0 aliphatic carbocycles. The van der Waals surface area contributed by atoms with E-state index >= 15 is 0 Å². The van der Waals surface area contributed by atoms with Gasteiger partial charge in [-0.2, -0.15) is 4.72 Å². The van der Waals surface area contributed by atoms with Gasteiger partial charge in [0.25, 0.3) is 0 Å². The molecular formula is C22H31BrN4O4S2. The van der Waals surface area contributed by atoms with Gasteiger partial charge in [0.15, 0.2) is 0 Å².